The summed E-state index contributed by atoms with van der Waals surface area (Å²) in [5.74, 6) is -0.120. The molecule has 1 aliphatic rings. The number of Topliss-reactive ketones (excluding diaryl/α,β-unsaturated/α-hetero) is 1. The third-order valence-corrected chi connectivity index (χ3v) is 2.99. The van der Waals surface area contributed by atoms with Gasteiger partial charge in [0.1, 0.15) is 5.82 Å². The Balaban J connectivity index is 2.64. The molecule has 0 N–H and O–H groups in total. The lowest BCUT2D eigenvalue weighted by Gasteiger charge is -2.31. The molecule has 0 aromatic heterocycles. The zero-order valence-corrected chi connectivity index (χ0v) is 8.43. The number of rotatable bonds is 0. The average molecular weight is 192 g/mol. The molecule has 0 saturated carbocycles. The Morgan fingerprint density at radius 1 is 1.36 bits per heavy atom. The third kappa shape index (κ3) is 1.35. The molecule has 1 aromatic carbocycles. The van der Waals surface area contributed by atoms with Gasteiger partial charge in [0.2, 0.25) is 0 Å². The van der Waals surface area contributed by atoms with Gasteiger partial charge in [-0.15, -0.1) is 0 Å². The van der Waals surface area contributed by atoms with E-state index in [1.165, 1.54) is 12.1 Å². The monoisotopic (exact) mass is 192 g/mol. The Hall–Kier alpha value is -1.18. The number of hydrogen-bond donors (Lipinski definition) is 0. The number of benzene rings is 1. The fraction of sp³-hybridized carbons (Fsp3) is 0.417. The van der Waals surface area contributed by atoms with Crippen LogP contribution >= 0.6 is 0 Å². The Bertz CT molecular complexity index is 393. The molecule has 2 heteroatoms. The molecule has 1 nitrogen and oxygen atoms in total. The van der Waals surface area contributed by atoms with Gasteiger partial charge in [0.25, 0.3) is 0 Å². The maximum atomic E-state index is 13.1. The topological polar surface area (TPSA) is 17.1 Å². The summed E-state index contributed by atoms with van der Waals surface area (Å²) < 4.78 is 13.1. The first-order valence-corrected chi connectivity index (χ1v) is 4.84. The number of carbonyl (C=O) groups is 1. The molecular formula is C12H13FO. The molecule has 2 rings (SSSR count). The quantitative estimate of drug-likeness (QED) is 0.617. The smallest absolute Gasteiger partial charge is 0.163 e. The molecule has 74 valence electrons. The highest BCUT2D eigenvalue weighted by molar-refractivity contribution is 5.99. The number of halogens is 1. The van der Waals surface area contributed by atoms with Crippen molar-refractivity contribution < 1.29 is 9.18 Å². The molecule has 0 aliphatic heterocycles. The minimum Gasteiger partial charge on any atom is -0.294 e. The Kier molecular flexibility index (Phi) is 1.95. The minimum atomic E-state index is -0.258. The normalized spacial score (nSPS) is 19.2. The van der Waals surface area contributed by atoms with Crippen molar-refractivity contribution in [2.24, 2.45) is 0 Å². The molecule has 0 amide bonds. The van der Waals surface area contributed by atoms with E-state index in [1.807, 2.05) is 0 Å². The highest BCUT2D eigenvalue weighted by Crippen LogP contribution is 2.36. The zero-order valence-electron chi connectivity index (χ0n) is 8.43. The van der Waals surface area contributed by atoms with Crippen molar-refractivity contribution in [3.63, 3.8) is 0 Å². The zero-order chi connectivity index (χ0) is 10.3. The standard InChI is InChI=1S/C12H13FO/c1-12(2)6-5-11(14)9-4-3-8(13)7-10(9)12/h3-4,7H,5-6H2,1-2H3. The summed E-state index contributed by atoms with van der Waals surface area (Å²) >= 11 is 0. The molecule has 14 heavy (non-hydrogen) atoms. The van der Waals surface area contributed by atoms with Crippen LogP contribution in [-0.2, 0) is 5.41 Å². The molecule has 0 fully saturated rings. The van der Waals surface area contributed by atoms with Crippen molar-refractivity contribution in [1.82, 2.24) is 0 Å². The van der Waals surface area contributed by atoms with Crippen LogP contribution in [0.2, 0.25) is 0 Å². The summed E-state index contributed by atoms with van der Waals surface area (Å²) in [7, 11) is 0. The van der Waals surface area contributed by atoms with Crippen LogP contribution in [-0.4, -0.2) is 5.78 Å². The van der Waals surface area contributed by atoms with Crippen LogP contribution in [0.5, 0.6) is 0 Å². The predicted octanol–water partition coefficient (Wildman–Crippen LogP) is 3.08. The van der Waals surface area contributed by atoms with Crippen molar-refractivity contribution in [2.45, 2.75) is 32.1 Å². The van der Waals surface area contributed by atoms with Crippen molar-refractivity contribution >= 4 is 5.78 Å². The maximum Gasteiger partial charge on any atom is 0.163 e. The third-order valence-electron chi connectivity index (χ3n) is 2.99. The van der Waals surface area contributed by atoms with E-state index in [0.717, 1.165) is 12.0 Å². The van der Waals surface area contributed by atoms with Gasteiger partial charge in [0.15, 0.2) is 5.78 Å². The van der Waals surface area contributed by atoms with Crippen LogP contribution in [0.25, 0.3) is 0 Å². The molecule has 0 atom stereocenters. The van der Waals surface area contributed by atoms with Gasteiger partial charge < -0.3 is 0 Å². The van der Waals surface area contributed by atoms with Crippen LogP contribution in [0.15, 0.2) is 18.2 Å². The van der Waals surface area contributed by atoms with Gasteiger partial charge >= 0.3 is 0 Å². The second-order valence-electron chi connectivity index (χ2n) is 4.50. The second kappa shape index (κ2) is 2.91. The Morgan fingerprint density at radius 2 is 2.07 bits per heavy atom. The van der Waals surface area contributed by atoms with E-state index in [0.29, 0.717) is 12.0 Å². The fourth-order valence-corrected chi connectivity index (χ4v) is 2.01. The van der Waals surface area contributed by atoms with E-state index in [-0.39, 0.29) is 17.0 Å². The van der Waals surface area contributed by atoms with E-state index in [9.17, 15) is 9.18 Å². The Morgan fingerprint density at radius 3 is 2.79 bits per heavy atom. The van der Waals surface area contributed by atoms with Crippen molar-refractivity contribution in [3.05, 3.63) is 35.1 Å². The van der Waals surface area contributed by atoms with Gasteiger partial charge in [-0.3, -0.25) is 4.79 Å². The van der Waals surface area contributed by atoms with E-state index in [2.05, 4.69) is 13.8 Å². The van der Waals surface area contributed by atoms with E-state index in [4.69, 9.17) is 0 Å². The Labute approximate surface area is 82.9 Å². The molecule has 0 heterocycles. The van der Waals surface area contributed by atoms with Crippen molar-refractivity contribution in [2.75, 3.05) is 0 Å². The molecule has 0 radical (unpaired) electrons. The molecule has 0 unspecified atom stereocenters. The first-order valence-electron chi connectivity index (χ1n) is 4.84. The lowest BCUT2D eigenvalue weighted by Crippen LogP contribution is -2.27. The van der Waals surface area contributed by atoms with Crippen LogP contribution in [0.4, 0.5) is 4.39 Å². The SMILES string of the molecule is CC1(C)CCC(=O)c2ccc(F)cc21. The first-order chi connectivity index (χ1) is 6.50. The summed E-state index contributed by atoms with van der Waals surface area (Å²) in [6.07, 6.45) is 1.38. The van der Waals surface area contributed by atoms with Crippen LogP contribution < -0.4 is 0 Å². The average Bonchev–Trinajstić information content (AvgIpc) is 2.12. The van der Waals surface area contributed by atoms with E-state index < -0.39 is 0 Å². The largest absolute Gasteiger partial charge is 0.294 e. The summed E-state index contributed by atoms with van der Waals surface area (Å²) in [5.41, 5.74) is 1.47. The van der Waals surface area contributed by atoms with Crippen LogP contribution in [0.3, 0.4) is 0 Å². The number of fused-ring (bicyclic) bond motifs is 1. The summed E-state index contributed by atoms with van der Waals surface area (Å²) in [6, 6.07) is 4.46. The molecule has 0 bridgehead atoms. The molecule has 0 spiro atoms. The second-order valence-corrected chi connectivity index (χ2v) is 4.50. The maximum absolute atomic E-state index is 13.1. The minimum absolute atomic E-state index is 0.0780. The first kappa shape index (κ1) is 9.38. The summed E-state index contributed by atoms with van der Waals surface area (Å²) in [4.78, 5) is 11.6. The fourth-order valence-electron chi connectivity index (χ4n) is 2.01. The predicted molar refractivity (Wildman–Crippen MR) is 53.0 cm³/mol. The van der Waals surface area contributed by atoms with Crippen molar-refractivity contribution in [3.8, 4) is 0 Å². The van der Waals surface area contributed by atoms with Gasteiger partial charge in [0.05, 0.1) is 0 Å². The number of carbonyl (C=O) groups excluding carboxylic acids is 1. The molecule has 1 aromatic rings. The van der Waals surface area contributed by atoms with Crippen LogP contribution in [0, 0.1) is 5.82 Å². The van der Waals surface area contributed by atoms with Gasteiger partial charge in [-0.1, -0.05) is 13.8 Å². The lowest BCUT2D eigenvalue weighted by molar-refractivity contribution is 0.0956. The van der Waals surface area contributed by atoms with Crippen molar-refractivity contribution in [1.29, 1.82) is 0 Å². The van der Waals surface area contributed by atoms with Gasteiger partial charge in [0, 0.05) is 12.0 Å². The number of hydrogen-bond acceptors (Lipinski definition) is 1. The summed E-state index contributed by atoms with van der Waals surface area (Å²) in [6.45, 7) is 4.11. The molecule has 1 aliphatic carbocycles. The van der Waals surface area contributed by atoms with Crippen LogP contribution in [0.1, 0.15) is 42.6 Å². The number of ketones is 1. The molecule has 0 saturated heterocycles. The van der Waals surface area contributed by atoms with Gasteiger partial charge in [-0.25, -0.2) is 4.39 Å². The highest BCUT2D eigenvalue weighted by atomic mass is 19.1. The lowest BCUT2D eigenvalue weighted by atomic mass is 9.72. The van der Waals surface area contributed by atoms with Gasteiger partial charge in [-0.2, -0.15) is 0 Å². The molecular weight excluding hydrogens is 179 g/mol. The summed E-state index contributed by atoms with van der Waals surface area (Å²) in [5, 5.41) is 0. The van der Waals surface area contributed by atoms with E-state index in [1.54, 1.807) is 6.07 Å². The highest BCUT2D eigenvalue weighted by Gasteiger charge is 2.31. The van der Waals surface area contributed by atoms with E-state index >= 15 is 0 Å². The van der Waals surface area contributed by atoms with Gasteiger partial charge in [-0.05, 0) is 35.6 Å².